The molecule has 8 nitrogen and oxygen atoms in total. The molecule has 0 spiro atoms. The standard InChI is InChI=1S/C21H26N6O2/c1-5-17-22-18-14(2)24-25(3)19(18)20(23-17)26-10-12-27(13-11-26)21(28)15-6-8-16(29-4)9-7-15/h6-9H,5,10-13H2,1-4H3. The molecule has 0 aliphatic carbocycles. The van der Waals surface area contributed by atoms with Gasteiger partial charge in [-0.15, -0.1) is 0 Å². The van der Waals surface area contributed by atoms with Crippen LogP contribution in [0.15, 0.2) is 24.3 Å². The molecule has 1 fully saturated rings. The second-order valence-corrected chi connectivity index (χ2v) is 7.23. The molecule has 0 unspecified atom stereocenters. The molecule has 2 aromatic heterocycles. The van der Waals surface area contributed by atoms with Crippen molar-refractivity contribution >= 4 is 22.8 Å². The van der Waals surface area contributed by atoms with Crippen molar-refractivity contribution in [3.63, 3.8) is 0 Å². The number of ether oxygens (including phenoxy) is 1. The first-order valence-electron chi connectivity index (χ1n) is 9.90. The largest absolute Gasteiger partial charge is 0.497 e. The Bertz CT molecular complexity index is 1040. The highest BCUT2D eigenvalue weighted by molar-refractivity contribution is 5.94. The molecule has 0 radical (unpaired) electrons. The summed E-state index contributed by atoms with van der Waals surface area (Å²) in [4.78, 5) is 26.4. The van der Waals surface area contributed by atoms with Gasteiger partial charge in [-0.2, -0.15) is 5.10 Å². The summed E-state index contributed by atoms with van der Waals surface area (Å²) in [5, 5.41) is 4.53. The number of benzene rings is 1. The zero-order valence-electron chi connectivity index (χ0n) is 17.3. The van der Waals surface area contributed by atoms with Gasteiger partial charge in [-0.1, -0.05) is 6.92 Å². The number of aromatic nitrogens is 4. The average Bonchev–Trinajstić information content (AvgIpc) is 3.06. The van der Waals surface area contributed by atoms with Crippen LogP contribution in [0.3, 0.4) is 0 Å². The van der Waals surface area contributed by atoms with Gasteiger partial charge in [0.2, 0.25) is 0 Å². The Balaban J connectivity index is 1.54. The predicted molar refractivity (Wildman–Crippen MR) is 112 cm³/mol. The molecule has 152 valence electrons. The second-order valence-electron chi connectivity index (χ2n) is 7.23. The molecule has 0 N–H and O–H groups in total. The minimum atomic E-state index is 0.0470. The number of carbonyl (C=O) groups is 1. The Labute approximate surface area is 170 Å². The Morgan fingerprint density at radius 3 is 2.41 bits per heavy atom. The highest BCUT2D eigenvalue weighted by Gasteiger charge is 2.26. The molecule has 8 heteroatoms. The second kappa shape index (κ2) is 7.69. The van der Waals surface area contributed by atoms with Crippen molar-refractivity contribution in [3.05, 3.63) is 41.3 Å². The number of rotatable bonds is 4. The first kappa shape index (κ1) is 19.2. The third-order valence-corrected chi connectivity index (χ3v) is 5.40. The fraction of sp³-hybridized carbons (Fsp3) is 0.429. The van der Waals surface area contributed by atoms with Crippen LogP contribution in [0.1, 0.15) is 28.8 Å². The molecule has 1 amide bonds. The lowest BCUT2D eigenvalue weighted by Gasteiger charge is -2.35. The summed E-state index contributed by atoms with van der Waals surface area (Å²) in [6, 6.07) is 7.26. The van der Waals surface area contributed by atoms with E-state index in [0.717, 1.165) is 53.6 Å². The summed E-state index contributed by atoms with van der Waals surface area (Å²) in [5.41, 5.74) is 3.45. The van der Waals surface area contributed by atoms with E-state index in [9.17, 15) is 4.79 Å². The SMILES string of the molecule is CCc1nc(N2CCN(C(=O)c3ccc(OC)cc3)CC2)c2c(n1)c(C)nn2C. The molecule has 0 atom stereocenters. The van der Waals surface area contributed by atoms with Crippen molar-refractivity contribution in [2.45, 2.75) is 20.3 Å². The van der Waals surface area contributed by atoms with Crippen molar-refractivity contribution in [2.24, 2.45) is 7.05 Å². The molecule has 1 aliphatic rings. The Hall–Kier alpha value is -3.16. The zero-order valence-corrected chi connectivity index (χ0v) is 17.3. The van der Waals surface area contributed by atoms with Gasteiger partial charge in [-0.3, -0.25) is 9.48 Å². The number of hydrogen-bond donors (Lipinski definition) is 0. The molecule has 0 saturated carbocycles. The van der Waals surface area contributed by atoms with Crippen molar-refractivity contribution in [3.8, 4) is 5.75 Å². The number of hydrogen-bond acceptors (Lipinski definition) is 6. The van der Waals surface area contributed by atoms with E-state index in [0.29, 0.717) is 18.7 Å². The monoisotopic (exact) mass is 394 g/mol. The van der Waals surface area contributed by atoms with E-state index >= 15 is 0 Å². The van der Waals surface area contributed by atoms with E-state index in [1.165, 1.54) is 0 Å². The Morgan fingerprint density at radius 2 is 1.79 bits per heavy atom. The van der Waals surface area contributed by atoms with Crippen molar-refractivity contribution in [1.29, 1.82) is 0 Å². The fourth-order valence-corrected chi connectivity index (χ4v) is 3.78. The van der Waals surface area contributed by atoms with Crippen LogP contribution in [0.25, 0.3) is 11.0 Å². The Kier molecular flexibility index (Phi) is 5.08. The number of carbonyl (C=O) groups excluding carboxylic acids is 1. The summed E-state index contributed by atoms with van der Waals surface area (Å²) in [6.45, 7) is 6.78. The third kappa shape index (κ3) is 3.50. The lowest BCUT2D eigenvalue weighted by molar-refractivity contribution is 0.0746. The summed E-state index contributed by atoms with van der Waals surface area (Å²) in [5.74, 6) is 2.52. The number of methoxy groups -OCH3 is 1. The third-order valence-electron chi connectivity index (χ3n) is 5.40. The van der Waals surface area contributed by atoms with E-state index < -0.39 is 0 Å². The number of fused-ring (bicyclic) bond motifs is 1. The van der Waals surface area contributed by atoms with Crippen LogP contribution >= 0.6 is 0 Å². The van der Waals surface area contributed by atoms with Crippen LogP contribution in [0, 0.1) is 6.92 Å². The van der Waals surface area contributed by atoms with Gasteiger partial charge < -0.3 is 14.5 Å². The number of anilines is 1. The van der Waals surface area contributed by atoms with E-state index in [1.807, 2.05) is 47.8 Å². The maximum atomic E-state index is 12.8. The summed E-state index contributed by atoms with van der Waals surface area (Å²) in [7, 11) is 3.55. The number of nitrogens with zero attached hydrogens (tertiary/aromatic N) is 6. The molecule has 0 bridgehead atoms. The summed E-state index contributed by atoms with van der Waals surface area (Å²) < 4.78 is 7.03. The van der Waals surface area contributed by atoms with Crippen LogP contribution in [0.4, 0.5) is 5.82 Å². The van der Waals surface area contributed by atoms with Crippen molar-refractivity contribution < 1.29 is 9.53 Å². The topological polar surface area (TPSA) is 76.4 Å². The van der Waals surface area contributed by atoms with Crippen LogP contribution in [-0.2, 0) is 13.5 Å². The smallest absolute Gasteiger partial charge is 0.253 e. The maximum absolute atomic E-state index is 12.8. The van der Waals surface area contributed by atoms with Crippen LogP contribution in [0.2, 0.25) is 0 Å². The normalized spacial score (nSPS) is 14.5. The first-order chi connectivity index (χ1) is 14.0. The average molecular weight is 394 g/mol. The number of amides is 1. The predicted octanol–water partition coefficient (Wildman–Crippen LogP) is 2.21. The fourth-order valence-electron chi connectivity index (χ4n) is 3.78. The zero-order chi connectivity index (χ0) is 20.5. The minimum absolute atomic E-state index is 0.0470. The molecule has 3 aromatic rings. The van der Waals surface area contributed by atoms with Crippen LogP contribution in [0.5, 0.6) is 5.75 Å². The number of piperazine rings is 1. The van der Waals surface area contributed by atoms with Gasteiger partial charge in [0.15, 0.2) is 5.82 Å². The van der Waals surface area contributed by atoms with Gasteiger partial charge >= 0.3 is 0 Å². The molecule has 1 aliphatic heterocycles. The lowest BCUT2D eigenvalue weighted by Crippen LogP contribution is -2.49. The molecular formula is C21H26N6O2. The van der Waals surface area contributed by atoms with Gasteiger partial charge in [-0.25, -0.2) is 9.97 Å². The van der Waals surface area contributed by atoms with Crippen LogP contribution in [-0.4, -0.2) is 63.8 Å². The maximum Gasteiger partial charge on any atom is 0.253 e. The van der Waals surface area contributed by atoms with E-state index in [1.54, 1.807) is 7.11 Å². The van der Waals surface area contributed by atoms with E-state index in [-0.39, 0.29) is 5.91 Å². The molecule has 29 heavy (non-hydrogen) atoms. The van der Waals surface area contributed by atoms with Crippen molar-refractivity contribution in [2.75, 3.05) is 38.2 Å². The molecular weight excluding hydrogens is 368 g/mol. The number of aryl methyl sites for hydroxylation is 3. The minimum Gasteiger partial charge on any atom is -0.497 e. The Morgan fingerprint density at radius 1 is 1.10 bits per heavy atom. The molecule has 1 saturated heterocycles. The quantitative estimate of drug-likeness (QED) is 0.675. The van der Waals surface area contributed by atoms with E-state index in [4.69, 9.17) is 9.72 Å². The first-order valence-corrected chi connectivity index (χ1v) is 9.90. The lowest BCUT2D eigenvalue weighted by atomic mass is 10.1. The van der Waals surface area contributed by atoms with Gasteiger partial charge in [0, 0.05) is 45.2 Å². The molecule has 3 heterocycles. The van der Waals surface area contributed by atoms with Gasteiger partial charge in [0.05, 0.1) is 12.8 Å². The molecule has 1 aromatic carbocycles. The highest BCUT2D eigenvalue weighted by atomic mass is 16.5. The van der Waals surface area contributed by atoms with E-state index in [2.05, 4.69) is 21.9 Å². The summed E-state index contributed by atoms with van der Waals surface area (Å²) in [6.07, 6.45) is 0.771. The molecule has 4 rings (SSSR count). The summed E-state index contributed by atoms with van der Waals surface area (Å²) >= 11 is 0. The highest BCUT2D eigenvalue weighted by Crippen LogP contribution is 2.27. The van der Waals surface area contributed by atoms with Crippen LogP contribution < -0.4 is 9.64 Å². The van der Waals surface area contributed by atoms with Crippen molar-refractivity contribution in [1.82, 2.24) is 24.6 Å². The van der Waals surface area contributed by atoms with Gasteiger partial charge in [0.25, 0.3) is 5.91 Å². The van der Waals surface area contributed by atoms with Gasteiger partial charge in [0.1, 0.15) is 22.6 Å². The van der Waals surface area contributed by atoms with Gasteiger partial charge in [-0.05, 0) is 31.2 Å².